The maximum atomic E-state index is 11.0. The summed E-state index contributed by atoms with van der Waals surface area (Å²) in [5.41, 5.74) is 0.837. The van der Waals surface area contributed by atoms with Crippen LogP contribution in [0.25, 0.3) is 0 Å². The Balaban J connectivity index is 2.19. The largest absolute Gasteiger partial charge is 0.393 e. The van der Waals surface area contributed by atoms with Crippen LogP contribution in [-0.2, 0) is 14.3 Å². The lowest BCUT2D eigenvalue weighted by Gasteiger charge is -2.19. The van der Waals surface area contributed by atoms with Crippen LogP contribution in [0, 0.1) is 0 Å². The minimum atomic E-state index is -0.480. The summed E-state index contributed by atoms with van der Waals surface area (Å²) in [6.07, 6.45) is 2.02. The maximum absolute atomic E-state index is 11.0. The Labute approximate surface area is 91.2 Å². The molecular weight excluding hydrogens is 218 g/mol. The third-order valence-corrected chi connectivity index (χ3v) is 2.50. The van der Waals surface area contributed by atoms with Gasteiger partial charge in [0.1, 0.15) is 5.15 Å². The van der Waals surface area contributed by atoms with Gasteiger partial charge >= 0.3 is 11.9 Å². The molecule has 1 aliphatic heterocycles. The average Bonchev–Trinajstić information content (AvgIpc) is 2.17. The summed E-state index contributed by atoms with van der Waals surface area (Å²) in [5.74, 6) is -1.10. The molecule has 1 aromatic heterocycles. The van der Waals surface area contributed by atoms with E-state index in [9.17, 15) is 9.59 Å². The molecule has 1 aliphatic rings. The second-order valence-electron chi connectivity index (χ2n) is 3.37. The lowest BCUT2D eigenvalue weighted by molar-refractivity contribution is -0.163. The van der Waals surface area contributed by atoms with Crippen LogP contribution in [0.4, 0.5) is 0 Å². The number of halogens is 1. The fourth-order valence-electron chi connectivity index (χ4n) is 1.55. The van der Waals surface area contributed by atoms with Crippen molar-refractivity contribution in [3.63, 3.8) is 0 Å². The van der Waals surface area contributed by atoms with E-state index in [1.54, 1.807) is 18.3 Å². The monoisotopic (exact) mass is 225 g/mol. The van der Waals surface area contributed by atoms with Crippen molar-refractivity contribution in [1.82, 2.24) is 4.98 Å². The van der Waals surface area contributed by atoms with Crippen LogP contribution < -0.4 is 0 Å². The molecule has 78 valence electrons. The van der Waals surface area contributed by atoms with Gasteiger partial charge < -0.3 is 4.74 Å². The highest BCUT2D eigenvalue weighted by Gasteiger charge is 2.28. The summed E-state index contributed by atoms with van der Waals surface area (Å²) >= 11 is 5.64. The minimum Gasteiger partial charge on any atom is -0.393 e. The van der Waals surface area contributed by atoms with Crippen molar-refractivity contribution in [1.29, 1.82) is 0 Å². The lowest BCUT2D eigenvalue weighted by Crippen LogP contribution is -2.24. The van der Waals surface area contributed by atoms with Gasteiger partial charge in [0.25, 0.3) is 0 Å². The van der Waals surface area contributed by atoms with Gasteiger partial charge in [0.2, 0.25) is 0 Å². The Morgan fingerprint density at radius 3 is 2.47 bits per heavy atom. The van der Waals surface area contributed by atoms with E-state index in [2.05, 4.69) is 9.72 Å². The van der Waals surface area contributed by atoms with Crippen molar-refractivity contribution in [2.45, 2.75) is 18.8 Å². The second-order valence-corrected chi connectivity index (χ2v) is 3.75. The Kier molecular flexibility index (Phi) is 2.68. The summed E-state index contributed by atoms with van der Waals surface area (Å²) in [6, 6.07) is 3.41. The molecule has 0 bridgehead atoms. The van der Waals surface area contributed by atoms with Crippen LogP contribution in [0.2, 0.25) is 5.15 Å². The number of ether oxygens (including phenoxy) is 1. The summed E-state index contributed by atoms with van der Waals surface area (Å²) < 4.78 is 4.44. The molecule has 0 amide bonds. The van der Waals surface area contributed by atoms with Gasteiger partial charge in [-0.25, -0.2) is 4.98 Å². The van der Waals surface area contributed by atoms with Gasteiger partial charge in [-0.1, -0.05) is 17.7 Å². The number of cyclic esters (lactones) is 2. The smallest absolute Gasteiger partial charge is 0.314 e. The lowest BCUT2D eigenvalue weighted by atomic mass is 9.92. The molecule has 0 saturated carbocycles. The first-order valence-electron chi connectivity index (χ1n) is 4.50. The first-order chi connectivity index (χ1) is 7.15. The van der Waals surface area contributed by atoms with Crippen molar-refractivity contribution in [3.05, 3.63) is 29.0 Å². The quantitative estimate of drug-likeness (QED) is 0.415. The Morgan fingerprint density at radius 2 is 1.93 bits per heavy atom. The topological polar surface area (TPSA) is 56.3 Å². The molecule has 2 heterocycles. The molecule has 1 saturated heterocycles. The van der Waals surface area contributed by atoms with Crippen molar-refractivity contribution < 1.29 is 14.3 Å². The molecule has 0 spiro atoms. The van der Waals surface area contributed by atoms with Gasteiger partial charge in [-0.15, -0.1) is 0 Å². The molecular formula is C10H8ClNO3. The highest BCUT2D eigenvalue weighted by atomic mass is 35.5. The van der Waals surface area contributed by atoms with Gasteiger partial charge in [-0.2, -0.15) is 0 Å². The summed E-state index contributed by atoms with van der Waals surface area (Å²) in [6.45, 7) is 0. The SMILES string of the molecule is O=C1CC(c2ccc(Cl)nc2)CC(=O)O1. The van der Waals surface area contributed by atoms with E-state index in [-0.39, 0.29) is 18.8 Å². The molecule has 0 radical (unpaired) electrons. The first-order valence-corrected chi connectivity index (χ1v) is 4.88. The zero-order valence-corrected chi connectivity index (χ0v) is 8.53. The van der Waals surface area contributed by atoms with Crippen LogP contribution in [0.1, 0.15) is 24.3 Å². The van der Waals surface area contributed by atoms with E-state index in [0.717, 1.165) is 5.56 Å². The van der Waals surface area contributed by atoms with Gasteiger partial charge in [-0.3, -0.25) is 9.59 Å². The third kappa shape index (κ3) is 2.33. The average molecular weight is 226 g/mol. The molecule has 5 heteroatoms. The zero-order chi connectivity index (χ0) is 10.8. The molecule has 0 N–H and O–H groups in total. The molecule has 15 heavy (non-hydrogen) atoms. The molecule has 0 unspecified atom stereocenters. The van der Waals surface area contributed by atoms with Crippen molar-refractivity contribution in [2.24, 2.45) is 0 Å². The number of hydrogen-bond donors (Lipinski definition) is 0. The fourth-order valence-corrected chi connectivity index (χ4v) is 1.66. The number of carbonyl (C=O) groups is 2. The van der Waals surface area contributed by atoms with Gasteiger partial charge in [-0.05, 0) is 11.6 Å². The van der Waals surface area contributed by atoms with Crippen LogP contribution in [0.5, 0.6) is 0 Å². The van der Waals surface area contributed by atoms with E-state index in [1.807, 2.05) is 0 Å². The molecule has 0 aliphatic carbocycles. The number of carbonyl (C=O) groups excluding carboxylic acids is 2. The molecule has 0 atom stereocenters. The predicted molar refractivity (Wildman–Crippen MR) is 52.3 cm³/mol. The van der Waals surface area contributed by atoms with Crippen LogP contribution in [0.15, 0.2) is 18.3 Å². The van der Waals surface area contributed by atoms with Gasteiger partial charge in [0, 0.05) is 12.1 Å². The molecule has 4 nitrogen and oxygen atoms in total. The first kappa shape index (κ1) is 10.1. The van der Waals surface area contributed by atoms with Crippen LogP contribution >= 0.6 is 11.6 Å². The summed E-state index contributed by atoms with van der Waals surface area (Å²) in [4.78, 5) is 26.0. The van der Waals surface area contributed by atoms with E-state index in [0.29, 0.717) is 5.15 Å². The Bertz CT molecular complexity index is 386. The molecule has 0 aromatic carbocycles. The van der Waals surface area contributed by atoms with Gasteiger partial charge in [0.15, 0.2) is 0 Å². The fraction of sp³-hybridized carbons (Fsp3) is 0.300. The number of esters is 2. The van der Waals surface area contributed by atoms with E-state index < -0.39 is 11.9 Å². The maximum Gasteiger partial charge on any atom is 0.314 e. The molecule has 2 rings (SSSR count). The van der Waals surface area contributed by atoms with Crippen molar-refractivity contribution in [2.75, 3.05) is 0 Å². The van der Waals surface area contributed by atoms with Crippen LogP contribution in [0.3, 0.4) is 0 Å². The standard InChI is InChI=1S/C10H8ClNO3/c11-8-2-1-6(5-12-8)7-3-9(13)15-10(14)4-7/h1-2,5,7H,3-4H2. The molecule has 1 aromatic rings. The second kappa shape index (κ2) is 3.98. The van der Waals surface area contributed by atoms with Crippen molar-refractivity contribution >= 4 is 23.5 Å². The Hall–Kier alpha value is -1.42. The highest BCUT2D eigenvalue weighted by molar-refractivity contribution is 6.29. The van der Waals surface area contributed by atoms with Gasteiger partial charge in [0.05, 0.1) is 12.8 Å². The van der Waals surface area contributed by atoms with Crippen LogP contribution in [-0.4, -0.2) is 16.9 Å². The number of pyridine rings is 1. The number of hydrogen-bond acceptors (Lipinski definition) is 4. The number of rotatable bonds is 1. The zero-order valence-electron chi connectivity index (χ0n) is 7.77. The number of nitrogens with zero attached hydrogens (tertiary/aromatic N) is 1. The highest BCUT2D eigenvalue weighted by Crippen LogP contribution is 2.27. The normalized spacial score (nSPS) is 17.7. The Morgan fingerprint density at radius 1 is 1.27 bits per heavy atom. The summed E-state index contributed by atoms with van der Waals surface area (Å²) in [5, 5.41) is 0.392. The van der Waals surface area contributed by atoms with E-state index in [4.69, 9.17) is 11.6 Å². The van der Waals surface area contributed by atoms with E-state index >= 15 is 0 Å². The predicted octanol–water partition coefficient (Wildman–Crippen LogP) is 1.68. The van der Waals surface area contributed by atoms with E-state index in [1.165, 1.54) is 0 Å². The summed E-state index contributed by atoms with van der Waals surface area (Å²) in [7, 11) is 0. The molecule has 1 fully saturated rings. The third-order valence-electron chi connectivity index (χ3n) is 2.28. The minimum absolute atomic E-state index is 0.136. The van der Waals surface area contributed by atoms with Crippen molar-refractivity contribution in [3.8, 4) is 0 Å². The number of aromatic nitrogens is 1.